The number of ether oxygens (including phenoxy) is 2. The molecular weight excluding hydrogens is 322 g/mol. The highest BCUT2D eigenvalue weighted by Crippen LogP contribution is 2.40. The minimum atomic E-state index is 0. The average Bonchev–Trinajstić information content (AvgIpc) is 2.64. The van der Waals surface area contributed by atoms with Crippen molar-refractivity contribution < 1.29 is 9.47 Å². The van der Waals surface area contributed by atoms with Gasteiger partial charge in [-0.15, -0.1) is 12.4 Å². The van der Waals surface area contributed by atoms with Crippen molar-refractivity contribution in [1.29, 1.82) is 0 Å². The topological polar surface area (TPSA) is 21.7 Å². The molecule has 0 bridgehead atoms. The molecule has 4 heteroatoms. The molecule has 0 radical (unpaired) electrons. The van der Waals surface area contributed by atoms with Crippen LogP contribution in [-0.4, -0.2) is 38.3 Å². The van der Waals surface area contributed by atoms with E-state index in [0.717, 1.165) is 5.75 Å². The Morgan fingerprint density at radius 2 is 1.58 bits per heavy atom. The Kier molecular flexibility index (Phi) is 7.86. The number of nitrogens with zero attached hydrogens (tertiary/aromatic N) is 1. The lowest BCUT2D eigenvalue weighted by atomic mass is 9.77. The largest absolute Gasteiger partial charge is 0.497 e. The van der Waals surface area contributed by atoms with E-state index < -0.39 is 0 Å². The minimum Gasteiger partial charge on any atom is -0.497 e. The molecule has 3 atom stereocenters. The van der Waals surface area contributed by atoms with Crippen molar-refractivity contribution in [3.8, 4) is 5.75 Å². The van der Waals surface area contributed by atoms with Gasteiger partial charge in [-0.3, -0.25) is 0 Å². The summed E-state index contributed by atoms with van der Waals surface area (Å²) in [6.45, 7) is 2.56. The van der Waals surface area contributed by atoms with E-state index >= 15 is 0 Å². The third-order valence-corrected chi connectivity index (χ3v) is 5.73. The monoisotopic (exact) mass is 353 g/mol. The van der Waals surface area contributed by atoms with E-state index in [9.17, 15) is 0 Å². The maximum absolute atomic E-state index is 6.00. The first kappa shape index (κ1) is 19.6. The molecule has 1 aromatic carbocycles. The lowest BCUT2D eigenvalue weighted by Gasteiger charge is -2.44. The van der Waals surface area contributed by atoms with E-state index in [1.165, 1.54) is 63.6 Å². The molecule has 1 saturated heterocycles. The second-order valence-corrected chi connectivity index (χ2v) is 7.04. The number of likely N-dealkylation sites (tertiary alicyclic amines) is 1. The number of rotatable bonds is 5. The van der Waals surface area contributed by atoms with Gasteiger partial charge in [0.05, 0.1) is 13.2 Å². The van der Waals surface area contributed by atoms with E-state index in [1.54, 1.807) is 7.11 Å². The number of methoxy groups -OCH3 is 2. The standard InChI is InChI=1S/C20H31NO2.ClH/c1-22-17-12-10-16(11-13-17)20(23-2)18-8-4-5-9-19(18)21-14-6-3-7-15-21;/h10-13,18-20H,3-9,14-15H2,1-2H3;1H. The highest BCUT2D eigenvalue weighted by Gasteiger charge is 2.36. The van der Waals surface area contributed by atoms with Crippen LogP contribution in [0.4, 0.5) is 0 Å². The third kappa shape index (κ3) is 4.44. The van der Waals surface area contributed by atoms with Gasteiger partial charge in [0.15, 0.2) is 0 Å². The fourth-order valence-electron chi connectivity index (χ4n) is 4.55. The Morgan fingerprint density at radius 3 is 2.21 bits per heavy atom. The summed E-state index contributed by atoms with van der Waals surface area (Å²) in [7, 11) is 3.59. The third-order valence-electron chi connectivity index (χ3n) is 5.73. The van der Waals surface area contributed by atoms with Crippen molar-refractivity contribution in [2.45, 2.75) is 57.1 Å². The zero-order chi connectivity index (χ0) is 16.1. The van der Waals surface area contributed by atoms with Gasteiger partial charge < -0.3 is 14.4 Å². The summed E-state index contributed by atoms with van der Waals surface area (Å²) in [6.07, 6.45) is 9.66. The number of benzene rings is 1. The van der Waals surface area contributed by atoms with Crippen LogP contribution in [0.15, 0.2) is 24.3 Å². The van der Waals surface area contributed by atoms with E-state index in [-0.39, 0.29) is 18.5 Å². The summed E-state index contributed by atoms with van der Waals surface area (Å²) < 4.78 is 11.3. The molecule has 0 spiro atoms. The van der Waals surface area contributed by atoms with E-state index in [4.69, 9.17) is 9.47 Å². The van der Waals surface area contributed by atoms with E-state index in [0.29, 0.717) is 12.0 Å². The van der Waals surface area contributed by atoms with Gasteiger partial charge in [-0.05, 0) is 56.5 Å². The minimum absolute atomic E-state index is 0. The summed E-state index contributed by atoms with van der Waals surface area (Å²) in [4.78, 5) is 2.75. The van der Waals surface area contributed by atoms with Crippen molar-refractivity contribution in [2.24, 2.45) is 5.92 Å². The summed E-state index contributed by atoms with van der Waals surface area (Å²) in [6, 6.07) is 9.15. The maximum atomic E-state index is 6.00. The highest BCUT2D eigenvalue weighted by molar-refractivity contribution is 5.85. The molecular formula is C20H32ClNO2. The molecule has 1 aliphatic heterocycles. The first-order chi connectivity index (χ1) is 11.3. The zero-order valence-electron chi connectivity index (χ0n) is 15.1. The Labute approximate surface area is 153 Å². The Morgan fingerprint density at radius 1 is 0.917 bits per heavy atom. The quantitative estimate of drug-likeness (QED) is 0.755. The van der Waals surface area contributed by atoms with Gasteiger partial charge in [0, 0.05) is 19.1 Å². The molecule has 2 aliphatic rings. The summed E-state index contributed by atoms with van der Waals surface area (Å²) in [5, 5.41) is 0. The lowest BCUT2D eigenvalue weighted by molar-refractivity contribution is -0.0204. The number of piperidine rings is 1. The van der Waals surface area contributed by atoms with Gasteiger partial charge in [0.25, 0.3) is 0 Å². The van der Waals surface area contributed by atoms with Gasteiger partial charge >= 0.3 is 0 Å². The van der Waals surface area contributed by atoms with Crippen molar-refractivity contribution >= 4 is 12.4 Å². The van der Waals surface area contributed by atoms with Crippen molar-refractivity contribution in [3.05, 3.63) is 29.8 Å². The van der Waals surface area contributed by atoms with Crippen LogP contribution in [-0.2, 0) is 4.74 Å². The molecule has 3 unspecified atom stereocenters. The fourth-order valence-corrected chi connectivity index (χ4v) is 4.55. The van der Waals surface area contributed by atoms with Gasteiger partial charge in [-0.25, -0.2) is 0 Å². The van der Waals surface area contributed by atoms with Gasteiger partial charge in [0.1, 0.15) is 5.75 Å². The van der Waals surface area contributed by atoms with Crippen LogP contribution in [0.2, 0.25) is 0 Å². The van der Waals surface area contributed by atoms with Crippen molar-refractivity contribution in [3.63, 3.8) is 0 Å². The molecule has 1 aromatic rings. The predicted molar refractivity (Wildman–Crippen MR) is 101 cm³/mol. The number of hydrogen-bond acceptors (Lipinski definition) is 3. The molecule has 24 heavy (non-hydrogen) atoms. The molecule has 3 rings (SSSR count). The molecule has 0 N–H and O–H groups in total. The van der Waals surface area contributed by atoms with Crippen LogP contribution in [0.25, 0.3) is 0 Å². The first-order valence-corrected chi connectivity index (χ1v) is 9.24. The highest BCUT2D eigenvalue weighted by atomic mass is 35.5. The van der Waals surface area contributed by atoms with Crippen LogP contribution >= 0.6 is 12.4 Å². The Bertz CT molecular complexity index is 473. The number of halogens is 1. The maximum Gasteiger partial charge on any atom is 0.118 e. The van der Waals surface area contributed by atoms with Crippen molar-refractivity contribution in [2.75, 3.05) is 27.3 Å². The first-order valence-electron chi connectivity index (χ1n) is 9.24. The Balaban J connectivity index is 0.00000208. The molecule has 1 saturated carbocycles. The van der Waals surface area contributed by atoms with Crippen LogP contribution < -0.4 is 4.74 Å². The normalized spacial score (nSPS) is 26.4. The summed E-state index contributed by atoms with van der Waals surface area (Å²) in [5.74, 6) is 1.53. The van der Waals surface area contributed by atoms with Crippen LogP contribution in [0.3, 0.4) is 0 Å². The molecule has 1 aliphatic carbocycles. The smallest absolute Gasteiger partial charge is 0.118 e. The second-order valence-electron chi connectivity index (χ2n) is 7.04. The molecule has 3 nitrogen and oxygen atoms in total. The Hall–Kier alpha value is -0.770. The van der Waals surface area contributed by atoms with Crippen LogP contribution in [0, 0.1) is 5.92 Å². The second kappa shape index (κ2) is 9.65. The SMILES string of the molecule is COc1ccc(C(OC)C2CCCCC2N2CCCCC2)cc1.Cl. The molecule has 2 fully saturated rings. The van der Waals surface area contributed by atoms with Crippen LogP contribution in [0.5, 0.6) is 5.75 Å². The lowest BCUT2D eigenvalue weighted by Crippen LogP contribution is -2.47. The average molecular weight is 354 g/mol. The molecule has 1 heterocycles. The summed E-state index contributed by atoms with van der Waals surface area (Å²) in [5.41, 5.74) is 1.29. The zero-order valence-corrected chi connectivity index (χ0v) is 15.9. The van der Waals surface area contributed by atoms with E-state index in [1.807, 2.05) is 7.11 Å². The van der Waals surface area contributed by atoms with Crippen LogP contribution in [0.1, 0.15) is 56.6 Å². The van der Waals surface area contributed by atoms with Gasteiger partial charge in [0.2, 0.25) is 0 Å². The van der Waals surface area contributed by atoms with Crippen molar-refractivity contribution in [1.82, 2.24) is 4.90 Å². The molecule has 0 aromatic heterocycles. The molecule has 0 amide bonds. The van der Waals surface area contributed by atoms with Gasteiger partial charge in [-0.2, -0.15) is 0 Å². The van der Waals surface area contributed by atoms with Gasteiger partial charge in [-0.1, -0.05) is 31.4 Å². The number of hydrogen-bond donors (Lipinski definition) is 0. The molecule has 136 valence electrons. The van der Waals surface area contributed by atoms with E-state index in [2.05, 4.69) is 29.2 Å². The fraction of sp³-hybridized carbons (Fsp3) is 0.700. The summed E-state index contributed by atoms with van der Waals surface area (Å²) >= 11 is 0. The predicted octanol–water partition coefficient (Wildman–Crippen LogP) is 4.85.